The standard InChI is InChI=1S/C13H25NO3/c1-9(2)11(10(3)4)8-14-12(15)6-5-7-13(16)17/h9-11H,5-8H2,1-4H3,(H,14,15)(H,16,17). The lowest BCUT2D eigenvalue weighted by Gasteiger charge is -2.25. The van der Waals surface area contributed by atoms with E-state index >= 15 is 0 Å². The quantitative estimate of drug-likeness (QED) is 0.687. The largest absolute Gasteiger partial charge is 0.481 e. The summed E-state index contributed by atoms with van der Waals surface area (Å²) in [4.78, 5) is 21.8. The summed E-state index contributed by atoms with van der Waals surface area (Å²) in [6.45, 7) is 9.30. The van der Waals surface area contributed by atoms with Gasteiger partial charge in [-0.1, -0.05) is 27.7 Å². The molecule has 0 saturated heterocycles. The van der Waals surface area contributed by atoms with Gasteiger partial charge < -0.3 is 10.4 Å². The van der Waals surface area contributed by atoms with Crippen LogP contribution < -0.4 is 5.32 Å². The summed E-state index contributed by atoms with van der Waals surface area (Å²) in [7, 11) is 0. The van der Waals surface area contributed by atoms with Gasteiger partial charge in [-0.15, -0.1) is 0 Å². The molecule has 0 fully saturated rings. The van der Waals surface area contributed by atoms with E-state index in [0.717, 1.165) is 0 Å². The maximum atomic E-state index is 11.5. The van der Waals surface area contributed by atoms with Crippen LogP contribution in [-0.4, -0.2) is 23.5 Å². The summed E-state index contributed by atoms with van der Waals surface area (Å²) in [5, 5.41) is 11.3. The average molecular weight is 243 g/mol. The molecule has 0 aliphatic carbocycles. The Hall–Kier alpha value is -1.06. The van der Waals surface area contributed by atoms with E-state index in [9.17, 15) is 9.59 Å². The molecule has 0 bridgehead atoms. The molecule has 0 spiro atoms. The van der Waals surface area contributed by atoms with Crippen molar-refractivity contribution in [2.45, 2.75) is 47.0 Å². The average Bonchev–Trinajstić information content (AvgIpc) is 2.15. The molecule has 0 aromatic heterocycles. The molecule has 0 radical (unpaired) electrons. The van der Waals surface area contributed by atoms with Crippen LogP contribution in [0.1, 0.15) is 47.0 Å². The number of hydrogen-bond acceptors (Lipinski definition) is 2. The first-order valence-corrected chi connectivity index (χ1v) is 6.33. The van der Waals surface area contributed by atoms with E-state index in [1.807, 2.05) is 0 Å². The predicted molar refractivity (Wildman–Crippen MR) is 67.7 cm³/mol. The summed E-state index contributed by atoms with van der Waals surface area (Å²) in [6, 6.07) is 0. The molecule has 0 unspecified atom stereocenters. The van der Waals surface area contributed by atoms with Crippen LogP contribution in [0.25, 0.3) is 0 Å². The molecule has 2 N–H and O–H groups in total. The minimum absolute atomic E-state index is 0.0439. The second-order valence-electron chi connectivity index (χ2n) is 5.20. The number of aliphatic carboxylic acids is 1. The Labute approximate surface area is 104 Å². The van der Waals surface area contributed by atoms with Gasteiger partial charge in [0.2, 0.25) is 5.91 Å². The van der Waals surface area contributed by atoms with Gasteiger partial charge in [-0.3, -0.25) is 9.59 Å². The van der Waals surface area contributed by atoms with Gasteiger partial charge in [0.05, 0.1) is 0 Å². The summed E-state index contributed by atoms with van der Waals surface area (Å²) >= 11 is 0. The van der Waals surface area contributed by atoms with Crippen molar-refractivity contribution in [2.24, 2.45) is 17.8 Å². The van der Waals surface area contributed by atoms with Gasteiger partial charge in [0.25, 0.3) is 0 Å². The van der Waals surface area contributed by atoms with E-state index in [1.165, 1.54) is 0 Å². The Kier molecular flexibility index (Phi) is 7.59. The first kappa shape index (κ1) is 15.9. The summed E-state index contributed by atoms with van der Waals surface area (Å²) in [5.74, 6) is 0.652. The van der Waals surface area contributed by atoms with Gasteiger partial charge in [0.1, 0.15) is 0 Å². The van der Waals surface area contributed by atoms with Crippen LogP contribution in [0.3, 0.4) is 0 Å². The third kappa shape index (κ3) is 7.77. The molecule has 0 aliphatic rings. The van der Waals surface area contributed by atoms with Crippen molar-refractivity contribution in [3.05, 3.63) is 0 Å². The minimum Gasteiger partial charge on any atom is -0.481 e. The monoisotopic (exact) mass is 243 g/mol. The molecule has 0 aliphatic heterocycles. The highest BCUT2D eigenvalue weighted by molar-refractivity contribution is 5.76. The Morgan fingerprint density at radius 3 is 2.00 bits per heavy atom. The Bertz CT molecular complexity index is 241. The minimum atomic E-state index is -0.847. The number of nitrogens with one attached hydrogen (secondary N) is 1. The first-order chi connectivity index (χ1) is 7.84. The van der Waals surface area contributed by atoms with E-state index < -0.39 is 5.97 Å². The number of amides is 1. The molecular weight excluding hydrogens is 218 g/mol. The van der Waals surface area contributed by atoms with Gasteiger partial charge in [-0.2, -0.15) is 0 Å². The van der Waals surface area contributed by atoms with Crippen molar-refractivity contribution in [1.29, 1.82) is 0 Å². The lowest BCUT2D eigenvalue weighted by Crippen LogP contribution is -2.33. The van der Waals surface area contributed by atoms with Gasteiger partial charge in [-0.25, -0.2) is 0 Å². The summed E-state index contributed by atoms with van der Waals surface area (Å²) < 4.78 is 0. The Morgan fingerprint density at radius 1 is 1.06 bits per heavy atom. The van der Waals surface area contributed by atoms with Crippen molar-refractivity contribution in [3.8, 4) is 0 Å². The van der Waals surface area contributed by atoms with Crippen LogP contribution in [0.15, 0.2) is 0 Å². The molecule has 17 heavy (non-hydrogen) atoms. The molecule has 4 heteroatoms. The molecule has 0 aromatic rings. The van der Waals surface area contributed by atoms with Crippen molar-refractivity contribution < 1.29 is 14.7 Å². The Balaban J connectivity index is 3.85. The lowest BCUT2D eigenvalue weighted by molar-refractivity contribution is -0.137. The van der Waals surface area contributed by atoms with E-state index in [2.05, 4.69) is 33.0 Å². The smallest absolute Gasteiger partial charge is 0.303 e. The predicted octanol–water partition coefficient (Wildman–Crippen LogP) is 2.29. The fourth-order valence-corrected chi connectivity index (χ4v) is 1.96. The van der Waals surface area contributed by atoms with Crippen molar-refractivity contribution in [2.75, 3.05) is 6.54 Å². The van der Waals surface area contributed by atoms with Crippen LogP contribution in [0.2, 0.25) is 0 Å². The van der Waals surface area contributed by atoms with E-state index in [-0.39, 0.29) is 12.3 Å². The number of carboxylic acid groups (broad SMARTS) is 1. The molecule has 0 atom stereocenters. The third-order valence-electron chi connectivity index (χ3n) is 3.04. The topological polar surface area (TPSA) is 66.4 Å². The zero-order valence-electron chi connectivity index (χ0n) is 11.3. The highest BCUT2D eigenvalue weighted by atomic mass is 16.4. The molecule has 4 nitrogen and oxygen atoms in total. The van der Waals surface area contributed by atoms with Crippen LogP contribution in [-0.2, 0) is 9.59 Å². The fourth-order valence-electron chi connectivity index (χ4n) is 1.96. The number of rotatable bonds is 8. The zero-order valence-corrected chi connectivity index (χ0v) is 11.3. The lowest BCUT2D eigenvalue weighted by atomic mass is 9.85. The molecule has 0 rings (SSSR count). The summed E-state index contributed by atoms with van der Waals surface area (Å²) in [5.41, 5.74) is 0. The van der Waals surface area contributed by atoms with Crippen LogP contribution in [0, 0.1) is 17.8 Å². The molecule has 100 valence electrons. The zero-order chi connectivity index (χ0) is 13.4. The number of hydrogen-bond donors (Lipinski definition) is 2. The highest BCUT2D eigenvalue weighted by Crippen LogP contribution is 2.19. The fraction of sp³-hybridized carbons (Fsp3) is 0.846. The van der Waals surface area contributed by atoms with E-state index in [4.69, 9.17) is 5.11 Å². The first-order valence-electron chi connectivity index (χ1n) is 6.33. The maximum absolute atomic E-state index is 11.5. The summed E-state index contributed by atoms with van der Waals surface area (Å²) in [6.07, 6.45) is 0.773. The second-order valence-corrected chi connectivity index (χ2v) is 5.20. The number of carbonyl (C=O) groups excluding carboxylic acids is 1. The van der Waals surface area contributed by atoms with Crippen molar-refractivity contribution in [1.82, 2.24) is 5.32 Å². The molecule has 0 heterocycles. The highest BCUT2D eigenvalue weighted by Gasteiger charge is 2.17. The number of carbonyl (C=O) groups is 2. The normalized spacial score (nSPS) is 11.2. The maximum Gasteiger partial charge on any atom is 0.303 e. The molecule has 0 aromatic carbocycles. The van der Waals surface area contributed by atoms with Crippen LogP contribution >= 0.6 is 0 Å². The number of carboxylic acids is 1. The second kappa shape index (κ2) is 8.09. The third-order valence-corrected chi connectivity index (χ3v) is 3.04. The van der Waals surface area contributed by atoms with Crippen LogP contribution in [0.5, 0.6) is 0 Å². The molecule has 0 saturated carbocycles. The van der Waals surface area contributed by atoms with Gasteiger partial charge in [0.15, 0.2) is 0 Å². The van der Waals surface area contributed by atoms with E-state index in [1.54, 1.807) is 0 Å². The van der Waals surface area contributed by atoms with E-state index in [0.29, 0.717) is 37.1 Å². The SMILES string of the molecule is CC(C)C(CNC(=O)CCCC(=O)O)C(C)C. The van der Waals surface area contributed by atoms with Crippen molar-refractivity contribution in [3.63, 3.8) is 0 Å². The molecular formula is C13H25NO3. The van der Waals surface area contributed by atoms with Crippen LogP contribution in [0.4, 0.5) is 0 Å². The van der Waals surface area contributed by atoms with Gasteiger partial charge in [0, 0.05) is 19.4 Å². The molecule has 1 amide bonds. The van der Waals surface area contributed by atoms with Gasteiger partial charge in [-0.05, 0) is 24.2 Å². The van der Waals surface area contributed by atoms with Crippen molar-refractivity contribution >= 4 is 11.9 Å². The Morgan fingerprint density at radius 2 is 1.59 bits per heavy atom. The van der Waals surface area contributed by atoms with Gasteiger partial charge >= 0.3 is 5.97 Å².